The van der Waals surface area contributed by atoms with E-state index in [1.165, 1.54) is 18.3 Å². The first-order chi connectivity index (χ1) is 15.2. The van der Waals surface area contributed by atoms with Gasteiger partial charge in [-0.15, -0.1) is 0 Å². The average Bonchev–Trinajstić information content (AvgIpc) is 3.05. The number of aromatic nitrogens is 3. The number of aromatic hydroxyl groups is 1. The number of alkyl halides is 3. The summed E-state index contributed by atoms with van der Waals surface area (Å²) in [5.74, 6) is 0.610. The molecule has 7 nitrogen and oxygen atoms in total. The van der Waals surface area contributed by atoms with Crippen molar-refractivity contribution in [1.82, 2.24) is 14.5 Å². The van der Waals surface area contributed by atoms with E-state index in [1.54, 1.807) is 30.3 Å². The molecule has 0 unspecified atom stereocenters. The normalized spacial score (nSPS) is 11.5. The highest BCUT2D eigenvalue weighted by Gasteiger charge is 2.30. The maximum atomic E-state index is 12.8. The van der Waals surface area contributed by atoms with Crippen LogP contribution in [0.1, 0.15) is 17.0 Å². The number of carbonyl (C=O) groups is 1. The zero-order chi connectivity index (χ0) is 22.9. The molecule has 0 bridgehead atoms. The lowest BCUT2D eigenvalue weighted by atomic mass is 10.2. The van der Waals surface area contributed by atoms with Crippen molar-refractivity contribution in [2.45, 2.75) is 19.6 Å². The van der Waals surface area contributed by atoms with Crippen LogP contribution in [0.3, 0.4) is 0 Å². The van der Waals surface area contributed by atoms with Crippen molar-refractivity contribution >= 4 is 28.4 Å². The van der Waals surface area contributed by atoms with Gasteiger partial charge in [0, 0.05) is 24.1 Å². The molecule has 4 aromatic rings. The van der Waals surface area contributed by atoms with Gasteiger partial charge in [0.2, 0.25) is 5.88 Å². The Morgan fingerprint density at radius 3 is 2.50 bits per heavy atom. The number of nitrogens with one attached hydrogen (secondary N) is 2. The van der Waals surface area contributed by atoms with Gasteiger partial charge in [-0.2, -0.15) is 13.2 Å². The Balaban J connectivity index is 1.44. The lowest BCUT2D eigenvalue weighted by Crippen LogP contribution is -2.19. The standard InChI is InChI=1S/C22H18F3N5O2/c1-13-27-18-9-10-26-20(31)19(18)30(13)12-14-5-7-16(8-6-14)28-21(32)29-17-4-2-3-15(11-17)22(23,24)25/h2-11H,12H2,1H3,(H,26,31)(H2,28,29,32). The average molecular weight is 441 g/mol. The van der Waals surface area contributed by atoms with E-state index in [0.717, 1.165) is 17.7 Å². The molecule has 0 aliphatic heterocycles. The van der Waals surface area contributed by atoms with Gasteiger partial charge in [-0.3, -0.25) is 0 Å². The molecule has 3 N–H and O–H groups in total. The first kappa shape index (κ1) is 21.2. The second kappa shape index (κ2) is 8.22. The molecule has 32 heavy (non-hydrogen) atoms. The van der Waals surface area contributed by atoms with Crippen LogP contribution in [0, 0.1) is 6.92 Å². The summed E-state index contributed by atoms with van der Waals surface area (Å²) in [6.45, 7) is 2.26. The Kier molecular flexibility index (Phi) is 5.43. The van der Waals surface area contributed by atoms with E-state index < -0.39 is 17.8 Å². The molecule has 0 saturated carbocycles. The first-order valence-electron chi connectivity index (χ1n) is 9.56. The molecule has 2 aromatic heterocycles. The Bertz CT molecular complexity index is 1280. The molecule has 0 fully saturated rings. The van der Waals surface area contributed by atoms with Gasteiger partial charge >= 0.3 is 12.2 Å². The Hall–Kier alpha value is -4.08. The number of anilines is 2. The molecule has 0 spiro atoms. The molecular weight excluding hydrogens is 423 g/mol. The monoisotopic (exact) mass is 441 g/mol. The fourth-order valence-electron chi connectivity index (χ4n) is 3.32. The number of halogens is 3. The number of carbonyl (C=O) groups excluding carboxylic acids is 1. The van der Waals surface area contributed by atoms with Crippen LogP contribution in [0.25, 0.3) is 11.0 Å². The molecule has 0 saturated heterocycles. The van der Waals surface area contributed by atoms with Crippen LogP contribution < -0.4 is 10.6 Å². The molecule has 164 valence electrons. The molecule has 10 heteroatoms. The van der Waals surface area contributed by atoms with E-state index in [-0.39, 0.29) is 11.6 Å². The van der Waals surface area contributed by atoms with Crippen molar-refractivity contribution in [3.8, 4) is 5.88 Å². The SMILES string of the molecule is Cc1nc2ccnc(O)c2n1Cc1ccc(NC(=O)Nc2cccc(C(F)(F)F)c2)cc1. The number of fused-ring (bicyclic) bond motifs is 1. The first-order valence-corrected chi connectivity index (χ1v) is 9.56. The number of aryl methyl sites for hydroxylation is 1. The van der Waals surface area contributed by atoms with Crippen molar-refractivity contribution in [1.29, 1.82) is 0 Å². The van der Waals surface area contributed by atoms with Crippen LogP contribution in [0.2, 0.25) is 0 Å². The molecule has 0 radical (unpaired) electrons. The van der Waals surface area contributed by atoms with Crippen molar-refractivity contribution in [3.05, 3.63) is 77.7 Å². The molecule has 2 aromatic carbocycles. The van der Waals surface area contributed by atoms with Crippen LogP contribution >= 0.6 is 0 Å². The van der Waals surface area contributed by atoms with Crippen molar-refractivity contribution < 1.29 is 23.1 Å². The summed E-state index contributed by atoms with van der Waals surface area (Å²) in [6, 6.07) is 12.4. The van der Waals surface area contributed by atoms with E-state index in [2.05, 4.69) is 20.6 Å². The van der Waals surface area contributed by atoms with Crippen LogP contribution in [0.4, 0.5) is 29.3 Å². The highest BCUT2D eigenvalue weighted by atomic mass is 19.4. The minimum atomic E-state index is -4.49. The number of pyridine rings is 1. The number of hydrogen-bond acceptors (Lipinski definition) is 4. The third kappa shape index (κ3) is 4.48. The zero-order valence-electron chi connectivity index (χ0n) is 16.8. The number of nitrogens with zero attached hydrogens (tertiary/aromatic N) is 3. The molecular formula is C22H18F3N5O2. The Morgan fingerprint density at radius 1 is 1.06 bits per heavy atom. The number of urea groups is 1. The van der Waals surface area contributed by atoms with E-state index in [9.17, 15) is 23.1 Å². The molecule has 0 aliphatic carbocycles. The lowest BCUT2D eigenvalue weighted by molar-refractivity contribution is -0.137. The van der Waals surface area contributed by atoms with Crippen molar-refractivity contribution in [2.24, 2.45) is 0 Å². The molecule has 2 amide bonds. The van der Waals surface area contributed by atoms with Crippen LogP contribution in [-0.4, -0.2) is 25.7 Å². The maximum Gasteiger partial charge on any atom is 0.416 e. The van der Waals surface area contributed by atoms with E-state index >= 15 is 0 Å². The summed E-state index contributed by atoms with van der Waals surface area (Å²) in [7, 11) is 0. The van der Waals surface area contributed by atoms with Crippen molar-refractivity contribution in [3.63, 3.8) is 0 Å². The number of hydrogen-bond donors (Lipinski definition) is 3. The van der Waals surface area contributed by atoms with Crippen LogP contribution in [0.15, 0.2) is 60.8 Å². The van der Waals surface area contributed by atoms with Crippen LogP contribution in [0.5, 0.6) is 5.88 Å². The van der Waals surface area contributed by atoms with Gasteiger partial charge in [0.05, 0.1) is 11.1 Å². The quantitative estimate of drug-likeness (QED) is 0.408. The highest BCUT2D eigenvalue weighted by Crippen LogP contribution is 2.30. The summed E-state index contributed by atoms with van der Waals surface area (Å²) in [6.07, 6.45) is -3.00. The Labute approximate surface area is 180 Å². The van der Waals surface area contributed by atoms with Gasteiger partial charge in [-0.05, 0) is 48.9 Å². The summed E-state index contributed by atoms with van der Waals surface area (Å²) < 4.78 is 40.3. The number of benzene rings is 2. The summed E-state index contributed by atoms with van der Waals surface area (Å²) in [5.41, 5.74) is 1.72. The van der Waals surface area contributed by atoms with Gasteiger partial charge in [0.25, 0.3) is 0 Å². The lowest BCUT2D eigenvalue weighted by Gasteiger charge is -2.11. The van der Waals surface area contributed by atoms with Crippen molar-refractivity contribution in [2.75, 3.05) is 10.6 Å². The smallest absolute Gasteiger partial charge is 0.416 e. The third-order valence-corrected chi connectivity index (χ3v) is 4.83. The Morgan fingerprint density at radius 2 is 1.78 bits per heavy atom. The minimum absolute atomic E-state index is 0.0322. The van der Waals surface area contributed by atoms with Gasteiger partial charge in [-0.25, -0.2) is 14.8 Å². The second-order valence-electron chi connectivity index (χ2n) is 7.10. The van der Waals surface area contributed by atoms with E-state index in [1.807, 2.05) is 11.5 Å². The number of rotatable bonds is 4. The summed E-state index contributed by atoms with van der Waals surface area (Å²) in [5, 5.41) is 15.1. The highest BCUT2D eigenvalue weighted by molar-refractivity contribution is 5.99. The minimum Gasteiger partial charge on any atom is -0.492 e. The number of imidazole rings is 1. The van der Waals surface area contributed by atoms with E-state index in [4.69, 9.17) is 0 Å². The summed E-state index contributed by atoms with van der Waals surface area (Å²) in [4.78, 5) is 20.5. The third-order valence-electron chi connectivity index (χ3n) is 4.83. The predicted octanol–water partition coefficient (Wildman–Crippen LogP) is 5.16. The molecule has 2 heterocycles. The topological polar surface area (TPSA) is 92.1 Å². The molecule has 4 rings (SSSR count). The molecule has 0 aliphatic rings. The summed E-state index contributed by atoms with van der Waals surface area (Å²) >= 11 is 0. The van der Waals surface area contributed by atoms with Gasteiger partial charge in [0.15, 0.2) is 0 Å². The predicted molar refractivity (Wildman–Crippen MR) is 114 cm³/mol. The van der Waals surface area contributed by atoms with Gasteiger partial charge in [-0.1, -0.05) is 18.2 Å². The van der Waals surface area contributed by atoms with Crippen LogP contribution in [-0.2, 0) is 12.7 Å². The number of amides is 2. The van der Waals surface area contributed by atoms with Gasteiger partial charge in [0.1, 0.15) is 11.3 Å². The van der Waals surface area contributed by atoms with E-state index in [0.29, 0.717) is 29.1 Å². The second-order valence-corrected chi connectivity index (χ2v) is 7.10. The maximum absolute atomic E-state index is 12.8. The fraction of sp³-hybridized carbons (Fsp3) is 0.136. The molecule has 0 atom stereocenters. The zero-order valence-corrected chi connectivity index (χ0v) is 16.8. The largest absolute Gasteiger partial charge is 0.492 e. The van der Waals surface area contributed by atoms with Gasteiger partial charge < -0.3 is 20.3 Å². The fourth-order valence-corrected chi connectivity index (χ4v) is 3.32.